The summed E-state index contributed by atoms with van der Waals surface area (Å²) in [5, 5.41) is 2.64. The maximum Gasteiger partial charge on any atom is 0.243 e. The largest absolute Gasteiger partial charge is 0.493 e. The van der Waals surface area contributed by atoms with Gasteiger partial charge in [0.15, 0.2) is 11.5 Å². The van der Waals surface area contributed by atoms with Gasteiger partial charge >= 0.3 is 0 Å². The maximum absolute atomic E-state index is 13.1. The number of nitrogens with one attached hydrogen (secondary N) is 1. The van der Waals surface area contributed by atoms with E-state index < -0.39 is 6.04 Å². The van der Waals surface area contributed by atoms with Crippen LogP contribution in [0.15, 0.2) is 42.5 Å². The van der Waals surface area contributed by atoms with Gasteiger partial charge in [-0.05, 0) is 48.2 Å². The van der Waals surface area contributed by atoms with Crippen molar-refractivity contribution in [3.63, 3.8) is 0 Å². The van der Waals surface area contributed by atoms with Crippen LogP contribution in [0.3, 0.4) is 0 Å². The van der Waals surface area contributed by atoms with Crippen molar-refractivity contribution in [3.05, 3.63) is 59.4 Å². The first-order valence-corrected chi connectivity index (χ1v) is 11.2. The summed E-state index contributed by atoms with van der Waals surface area (Å²) in [5.74, 6) is 1.20. The van der Waals surface area contributed by atoms with Crippen LogP contribution in [-0.4, -0.2) is 42.7 Å². The van der Waals surface area contributed by atoms with Gasteiger partial charge in [0, 0.05) is 18.2 Å². The number of nitrogens with zero attached hydrogens (tertiary/aromatic N) is 1. The molecule has 31 heavy (non-hydrogen) atoms. The molecule has 1 saturated carbocycles. The molecule has 1 heterocycles. The van der Waals surface area contributed by atoms with Crippen molar-refractivity contribution in [2.24, 2.45) is 5.92 Å². The molecule has 1 aliphatic carbocycles. The van der Waals surface area contributed by atoms with Gasteiger partial charge in [0.2, 0.25) is 11.8 Å². The molecule has 0 radical (unpaired) electrons. The zero-order valence-corrected chi connectivity index (χ0v) is 18.3. The molecule has 8 heteroatoms. The van der Waals surface area contributed by atoms with Gasteiger partial charge < -0.3 is 19.7 Å². The Labute approximate surface area is 185 Å². The number of benzene rings is 2. The van der Waals surface area contributed by atoms with Gasteiger partial charge in [0.05, 0.1) is 14.2 Å². The molecule has 1 N–H and O–H groups in total. The molecule has 2 aromatic rings. The zero-order valence-electron chi connectivity index (χ0n) is 17.5. The molecule has 2 aliphatic rings. The monoisotopic (exact) mass is 444 g/mol. The molecule has 6 nitrogen and oxygen atoms in total. The summed E-state index contributed by atoms with van der Waals surface area (Å²) in [6.45, 7) is 0.284. The molecule has 2 aromatic carbocycles. The second-order valence-electron chi connectivity index (χ2n) is 7.68. The second-order valence-corrected chi connectivity index (χ2v) is 8.79. The van der Waals surface area contributed by atoms with Crippen molar-refractivity contribution < 1.29 is 23.5 Å². The van der Waals surface area contributed by atoms with Crippen LogP contribution in [0, 0.1) is 11.7 Å². The van der Waals surface area contributed by atoms with Crippen molar-refractivity contribution in [1.82, 2.24) is 10.2 Å². The van der Waals surface area contributed by atoms with E-state index in [0.29, 0.717) is 17.3 Å². The Kier molecular flexibility index (Phi) is 6.36. The van der Waals surface area contributed by atoms with Crippen LogP contribution in [0.2, 0.25) is 0 Å². The molecular formula is C23H25FN2O4S. The van der Waals surface area contributed by atoms with E-state index >= 15 is 0 Å². The van der Waals surface area contributed by atoms with Gasteiger partial charge in [-0.3, -0.25) is 9.59 Å². The van der Waals surface area contributed by atoms with E-state index in [2.05, 4.69) is 5.32 Å². The number of halogens is 1. The number of ether oxygens (including phenoxy) is 2. The van der Waals surface area contributed by atoms with Crippen LogP contribution >= 0.6 is 11.8 Å². The van der Waals surface area contributed by atoms with Crippen molar-refractivity contribution in [2.75, 3.05) is 20.0 Å². The summed E-state index contributed by atoms with van der Waals surface area (Å²) < 4.78 is 23.8. The first-order valence-electron chi connectivity index (χ1n) is 10.2. The second kappa shape index (κ2) is 9.18. The maximum atomic E-state index is 13.1. The third-order valence-corrected chi connectivity index (χ3v) is 6.88. The van der Waals surface area contributed by atoms with Gasteiger partial charge in [-0.1, -0.05) is 18.2 Å². The number of amides is 2. The first kappa shape index (κ1) is 21.5. The smallest absolute Gasteiger partial charge is 0.243 e. The van der Waals surface area contributed by atoms with Crippen molar-refractivity contribution >= 4 is 23.6 Å². The lowest BCUT2D eigenvalue weighted by Gasteiger charge is -2.29. The number of hydrogen-bond donors (Lipinski definition) is 1. The number of carbonyl (C=O) groups is 2. The van der Waals surface area contributed by atoms with Gasteiger partial charge in [-0.15, -0.1) is 11.8 Å². The lowest BCUT2D eigenvalue weighted by atomic mass is 10.1. The Balaban J connectivity index is 1.53. The molecule has 2 fully saturated rings. The highest BCUT2D eigenvalue weighted by molar-refractivity contribution is 7.99. The molecule has 164 valence electrons. The summed E-state index contributed by atoms with van der Waals surface area (Å²) in [6, 6.07) is 11.0. The SMILES string of the molecule is COc1ccc(C2SCC(C(=O)NCc3ccc(F)cc3)N2C(=O)C2CC2)cc1OC. The first-order chi connectivity index (χ1) is 15.0. The quantitative estimate of drug-likeness (QED) is 0.708. The molecule has 2 atom stereocenters. The minimum Gasteiger partial charge on any atom is -0.493 e. The number of rotatable bonds is 7. The van der Waals surface area contributed by atoms with E-state index in [1.54, 1.807) is 43.0 Å². The van der Waals surface area contributed by atoms with Gasteiger partial charge in [-0.25, -0.2) is 4.39 Å². The van der Waals surface area contributed by atoms with Crippen LogP contribution in [0.1, 0.15) is 29.3 Å². The minimum absolute atomic E-state index is 0.00579. The fourth-order valence-electron chi connectivity index (χ4n) is 3.69. The Bertz CT molecular complexity index is 965. The average Bonchev–Trinajstić information content (AvgIpc) is 3.55. The fourth-order valence-corrected chi connectivity index (χ4v) is 5.12. The highest BCUT2D eigenvalue weighted by atomic mass is 32.2. The van der Waals surface area contributed by atoms with Crippen LogP contribution < -0.4 is 14.8 Å². The molecule has 1 saturated heterocycles. The molecule has 2 amide bonds. The summed E-state index contributed by atoms with van der Waals surface area (Å²) in [5.41, 5.74) is 1.70. The number of carbonyl (C=O) groups excluding carboxylic acids is 2. The highest BCUT2D eigenvalue weighted by Gasteiger charge is 2.46. The standard InChI is InChI=1S/C23H25FN2O4S/c1-29-19-10-7-16(11-20(19)30-2)23-26(22(28)15-5-6-15)18(13-31-23)21(27)25-12-14-3-8-17(24)9-4-14/h3-4,7-11,15,18,23H,5-6,12-13H2,1-2H3,(H,25,27). The van der Waals surface area contributed by atoms with E-state index in [9.17, 15) is 14.0 Å². The summed E-state index contributed by atoms with van der Waals surface area (Å²) in [6.07, 6.45) is 1.73. The third kappa shape index (κ3) is 4.63. The molecular weight excluding hydrogens is 419 g/mol. The lowest BCUT2D eigenvalue weighted by Crippen LogP contribution is -2.48. The Morgan fingerprint density at radius 2 is 1.81 bits per heavy atom. The Hall–Kier alpha value is -2.74. The number of hydrogen-bond acceptors (Lipinski definition) is 5. The van der Waals surface area contributed by atoms with Gasteiger partial charge in [0.25, 0.3) is 0 Å². The van der Waals surface area contributed by atoms with E-state index in [-0.39, 0.29) is 35.5 Å². The molecule has 2 unspecified atom stereocenters. The Morgan fingerprint density at radius 1 is 1.10 bits per heavy atom. The number of thioether (sulfide) groups is 1. The molecule has 0 bridgehead atoms. The molecule has 4 rings (SSSR count). The van der Waals surface area contributed by atoms with Crippen molar-refractivity contribution in [2.45, 2.75) is 30.8 Å². The van der Waals surface area contributed by atoms with Crippen LogP contribution in [-0.2, 0) is 16.1 Å². The van der Waals surface area contributed by atoms with E-state index in [4.69, 9.17) is 9.47 Å². The summed E-state index contributed by atoms with van der Waals surface area (Å²) in [7, 11) is 3.15. The normalized spacial score (nSPS) is 20.4. The fraction of sp³-hybridized carbons (Fsp3) is 0.391. The van der Waals surface area contributed by atoms with Crippen molar-refractivity contribution in [1.29, 1.82) is 0 Å². The van der Waals surface area contributed by atoms with E-state index in [1.807, 2.05) is 18.2 Å². The third-order valence-electron chi connectivity index (χ3n) is 5.56. The van der Waals surface area contributed by atoms with Crippen LogP contribution in [0.4, 0.5) is 4.39 Å². The topological polar surface area (TPSA) is 67.9 Å². The predicted octanol–water partition coefficient (Wildman–Crippen LogP) is 3.51. The molecule has 0 spiro atoms. The lowest BCUT2D eigenvalue weighted by molar-refractivity contribution is -0.140. The van der Waals surface area contributed by atoms with Crippen molar-refractivity contribution in [3.8, 4) is 11.5 Å². The molecule has 0 aromatic heterocycles. The molecule has 1 aliphatic heterocycles. The Morgan fingerprint density at radius 3 is 2.45 bits per heavy atom. The summed E-state index contributed by atoms with van der Waals surface area (Å²) >= 11 is 1.57. The van der Waals surface area contributed by atoms with E-state index in [1.165, 1.54) is 12.1 Å². The predicted molar refractivity (Wildman–Crippen MR) is 116 cm³/mol. The zero-order chi connectivity index (χ0) is 22.0. The van der Waals surface area contributed by atoms with E-state index in [0.717, 1.165) is 24.0 Å². The highest BCUT2D eigenvalue weighted by Crippen LogP contribution is 2.46. The average molecular weight is 445 g/mol. The van der Waals surface area contributed by atoms with Crippen LogP contribution in [0.25, 0.3) is 0 Å². The van der Waals surface area contributed by atoms with Crippen LogP contribution in [0.5, 0.6) is 11.5 Å². The van der Waals surface area contributed by atoms with Gasteiger partial charge in [-0.2, -0.15) is 0 Å². The number of methoxy groups -OCH3 is 2. The van der Waals surface area contributed by atoms with Gasteiger partial charge in [0.1, 0.15) is 17.2 Å². The summed E-state index contributed by atoms with van der Waals surface area (Å²) in [4.78, 5) is 27.9. The minimum atomic E-state index is -0.559.